The van der Waals surface area contributed by atoms with Crippen LogP contribution in [0.1, 0.15) is 0 Å². The van der Waals surface area contributed by atoms with Gasteiger partial charge in [0.2, 0.25) is 0 Å². The quantitative estimate of drug-likeness (QED) is 0.470. The fraction of sp³-hybridized carbons (Fsp3) is 0. The van der Waals surface area contributed by atoms with Gasteiger partial charge in [0.25, 0.3) is 0 Å². The van der Waals surface area contributed by atoms with Gasteiger partial charge in [-0.25, -0.2) is 0 Å². The fourth-order valence-electron chi connectivity index (χ4n) is 0. The zero-order chi connectivity index (χ0) is 2.71. The van der Waals surface area contributed by atoms with Gasteiger partial charge in [-0.3, -0.25) is 8.92 Å². The minimum absolute atomic E-state index is 0. The molecule has 5 heavy (non-hydrogen) atoms. The maximum Gasteiger partial charge on any atom is 0.549 e. The van der Waals surface area contributed by atoms with Crippen LogP contribution in [0.4, 0.5) is 0 Å². The van der Waals surface area contributed by atoms with Crippen molar-refractivity contribution in [3.05, 3.63) is 0 Å². The predicted molar refractivity (Wildman–Crippen MR) is 7.13 cm³/mol. The molecule has 27 valence electrons. The Bertz CT molecular complexity index is 30.6. The van der Waals surface area contributed by atoms with Gasteiger partial charge in [-0.15, -0.1) is 0 Å². The third kappa shape index (κ3) is 47.9. The normalized spacial score (nSPS) is 1.60. The van der Waals surface area contributed by atoms with Crippen molar-refractivity contribution >= 4 is 9.29 Å². The molecule has 0 aliphatic rings. The summed E-state index contributed by atoms with van der Waals surface area (Å²) < 4.78 is 16.8. The molecular formula is CoO2SiZn. The van der Waals surface area contributed by atoms with Crippen LogP contribution in [0.2, 0.25) is 0 Å². The molecule has 5 heteroatoms. The molecule has 0 atom stereocenters. The molecule has 0 saturated carbocycles. The van der Waals surface area contributed by atoms with E-state index in [4.69, 9.17) is 8.92 Å². The van der Waals surface area contributed by atoms with Crippen LogP contribution in [-0.4, -0.2) is 9.29 Å². The molecule has 0 fully saturated rings. The van der Waals surface area contributed by atoms with Gasteiger partial charge in [0.1, 0.15) is 0 Å². The average Bonchev–Trinajstić information content (AvgIpc) is 0.918. The van der Waals surface area contributed by atoms with Gasteiger partial charge in [-0.05, 0) is 0 Å². The van der Waals surface area contributed by atoms with Crippen LogP contribution in [-0.2, 0) is 45.2 Å². The van der Waals surface area contributed by atoms with Gasteiger partial charge >= 0.3 is 9.29 Å². The van der Waals surface area contributed by atoms with E-state index >= 15 is 0 Å². The van der Waals surface area contributed by atoms with Gasteiger partial charge in [-0.2, -0.15) is 0 Å². The summed E-state index contributed by atoms with van der Waals surface area (Å²) in [5, 5.41) is 0. The summed E-state index contributed by atoms with van der Waals surface area (Å²) in [6.45, 7) is 0. The van der Waals surface area contributed by atoms with Crippen LogP contribution >= 0.6 is 0 Å². The molecule has 0 aromatic rings. The Labute approximate surface area is 54.6 Å². The Morgan fingerprint density at radius 3 is 1.20 bits per heavy atom. The Hall–Kier alpha value is 0.947. The minimum Gasteiger partial charge on any atom is -0.274 e. The first-order valence-electron chi connectivity index (χ1n) is 0.408. The van der Waals surface area contributed by atoms with Crippen LogP contribution in [0.3, 0.4) is 0 Å². The van der Waals surface area contributed by atoms with Gasteiger partial charge < -0.3 is 0 Å². The molecule has 0 aromatic carbocycles. The van der Waals surface area contributed by atoms with Crippen molar-refractivity contribution in [1.82, 2.24) is 0 Å². The second-order valence-electron chi connectivity index (χ2n) is 0.0833. The van der Waals surface area contributed by atoms with Crippen molar-refractivity contribution in [2.75, 3.05) is 0 Å². The van der Waals surface area contributed by atoms with E-state index in [-0.39, 0.29) is 36.3 Å². The van der Waals surface area contributed by atoms with Gasteiger partial charge in [0, 0.05) is 36.3 Å². The van der Waals surface area contributed by atoms with E-state index in [9.17, 15) is 0 Å². The Morgan fingerprint density at radius 2 is 1.20 bits per heavy atom. The minimum atomic E-state index is -1.42. The summed E-state index contributed by atoms with van der Waals surface area (Å²) in [7, 11) is -1.42. The van der Waals surface area contributed by atoms with E-state index < -0.39 is 9.29 Å². The standard InChI is InChI=1S/Co.O2Si.Zn/c;1-3-2;. The Morgan fingerprint density at radius 1 is 1.20 bits per heavy atom. The second kappa shape index (κ2) is 20.3. The van der Waals surface area contributed by atoms with Crippen LogP contribution in [0.5, 0.6) is 0 Å². The fourth-order valence-corrected chi connectivity index (χ4v) is 0. The van der Waals surface area contributed by atoms with Crippen molar-refractivity contribution in [3.8, 4) is 0 Å². The first-order chi connectivity index (χ1) is 1.41. The first-order valence-corrected chi connectivity index (χ1v) is 1.22. The van der Waals surface area contributed by atoms with E-state index in [1.54, 1.807) is 0 Å². The zero-order valence-corrected chi connectivity index (χ0v) is 7.37. The van der Waals surface area contributed by atoms with E-state index in [0.29, 0.717) is 0 Å². The van der Waals surface area contributed by atoms with Gasteiger partial charge in [0.15, 0.2) is 0 Å². The largest absolute Gasteiger partial charge is 0.549 e. The van der Waals surface area contributed by atoms with Crippen LogP contribution in [0.15, 0.2) is 0 Å². The molecule has 0 heterocycles. The van der Waals surface area contributed by atoms with E-state index in [1.165, 1.54) is 0 Å². The van der Waals surface area contributed by atoms with E-state index in [0.717, 1.165) is 0 Å². The molecule has 0 aromatic heterocycles. The molecule has 0 rings (SSSR count). The van der Waals surface area contributed by atoms with E-state index in [1.807, 2.05) is 0 Å². The maximum absolute atomic E-state index is 8.40. The van der Waals surface area contributed by atoms with Crippen LogP contribution in [0.25, 0.3) is 0 Å². The monoisotopic (exact) mass is 183 g/mol. The molecular weight excluding hydrogens is 184 g/mol. The van der Waals surface area contributed by atoms with Crippen LogP contribution < -0.4 is 0 Å². The predicted octanol–water partition coefficient (Wildman–Crippen LogP) is -0.623. The van der Waals surface area contributed by atoms with Crippen molar-refractivity contribution in [2.24, 2.45) is 0 Å². The molecule has 0 aliphatic carbocycles. The van der Waals surface area contributed by atoms with Crippen molar-refractivity contribution in [3.63, 3.8) is 0 Å². The summed E-state index contributed by atoms with van der Waals surface area (Å²) in [4.78, 5) is 0. The van der Waals surface area contributed by atoms with Crippen molar-refractivity contribution in [2.45, 2.75) is 0 Å². The third-order valence-electron chi connectivity index (χ3n) is 0. The first kappa shape index (κ1) is 16.8. The van der Waals surface area contributed by atoms with Crippen LogP contribution in [0, 0.1) is 0 Å². The zero-order valence-electron chi connectivity index (χ0n) is 2.36. The molecule has 1 radical (unpaired) electrons. The molecule has 2 nitrogen and oxygen atoms in total. The molecule has 0 amide bonds. The summed E-state index contributed by atoms with van der Waals surface area (Å²) in [5.41, 5.74) is 0. The summed E-state index contributed by atoms with van der Waals surface area (Å²) in [6, 6.07) is 0. The summed E-state index contributed by atoms with van der Waals surface area (Å²) >= 11 is 0. The molecule has 0 spiro atoms. The average molecular weight is 184 g/mol. The van der Waals surface area contributed by atoms with Gasteiger partial charge in [0.05, 0.1) is 0 Å². The summed E-state index contributed by atoms with van der Waals surface area (Å²) in [6.07, 6.45) is 0. The Balaban J connectivity index is -0.0000000200. The number of rotatable bonds is 0. The molecule has 0 aliphatic heterocycles. The third-order valence-corrected chi connectivity index (χ3v) is 0. The van der Waals surface area contributed by atoms with Crippen molar-refractivity contribution < 1.29 is 45.2 Å². The Kier molecular flexibility index (Phi) is 68.1. The topological polar surface area (TPSA) is 34.1 Å². The van der Waals surface area contributed by atoms with E-state index in [2.05, 4.69) is 0 Å². The molecule has 0 unspecified atom stereocenters. The SMILES string of the molecule is O=[Si]=O.[Co].[Zn]. The molecule has 0 saturated heterocycles. The smallest absolute Gasteiger partial charge is 0.274 e. The van der Waals surface area contributed by atoms with Gasteiger partial charge in [-0.1, -0.05) is 0 Å². The molecule has 0 bridgehead atoms. The summed E-state index contributed by atoms with van der Waals surface area (Å²) in [5.74, 6) is 0. The van der Waals surface area contributed by atoms with Crippen molar-refractivity contribution in [1.29, 1.82) is 0 Å². The number of hydrogen-bond acceptors (Lipinski definition) is 2. The second-order valence-corrected chi connectivity index (χ2v) is 0.250. The maximum atomic E-state index is 8.40. The molecule has 0 N–H and O–H groups in total. The number of hydrogen-bond donors (Lipinski definition) is 0.